The van der Waals surface area contributed by atoms with Crippen LogP contribution in [-0.2, 0) is 14.7 Å². The summed E-state index contributed by atoms with van der Waals surface area (Å²) in [6.45, 7) is 14.7. The highest BCUT2D eigenvalue weighted by Crippen LogP contribution is 2.48. The third-order valence-electron chi connectivity index (χ3n) is 6.01. The van der Waals surface area contributed by atoms with Crippen LogP contribution in [0.3, 0.4) is 0 Å². The fraction of sp³-hybridized carbons (Fsp3) is 0.579. The molecule has 1 saturated heterocycles. The Morgan fingerprint density at radius 3 is 1.86 bits per heavy atom. The highest BCUT2D eigenvalue weighted by atomic mass is 16.7. The number of hydrogen-bond acceptors (Lipinski definition) is 2. The lowest BCUT2D eigenvalue weighted by Crippen LogP contribution is -2.41. The molecule has 1 aromatic carbocycles. The molecule has 0 atom stereocenters. The van der Waals surface area contributed by atoms with Gasteiger partial charge in [0.2, 0.25) is 0 Å². The van der Waals surface area contributed by atoms with Crippen LogP contribution in [-0.4, -0.2) is 18.3 Å². The lowest BCUT2D eigenvalue weighted by Gasteiger charge is -2.43. The number of rotatable bonds is 3. The summed E-state index contributed by atoms with van der Waals surface area (Å²) in [4.78, 5) is 0. The molecule has 1 saturated carbocycles. The van der Waals surface area contributed by atoms with Crippen molar-refractivity contribution >= 4 is 12.6 Å². The van der Waals surface area contributed by atoms with Crippen LogP contribution in [0.15, 0.2) is 36.4 Å². The second-order valence-electron chi connectivity index (χ2n) is 7.93. The van der Waals surface area contributed by atoms with E-state index in [0.717, 1.165) is 5.46 Å². The Hall–Kier alpha value is -1.06. The van der Waals surface area contributed by atoms with Crippen molar-refractivity contribution < 1.29 is 9.31 Å². The van der Waals surface area contributed by atoms with Gasteiger partial charge in [-0.2, -0.15) is 0 Å². The minimum atomic E-state index is -0.288. The molecule has 3 rings (SSSR count). The average Bonchev–Trinajstić information content (AvgIpc) is 2.57. The largest absolute Gasteiger partial charge is 0.494 e. The van der Waals surface area contributed by atoms with E-state index in [2.05, 4.69) is 65.5 Å². The molecule has 2 nitrogen and oxygen atoms in total. The standard InChI is InChI=1S/C19H27BO2/c1-14(2)19(12-7-13-19)15-8-10-16(11-9-15)20-21-17(3,4)18(5,6)22-20/h8-11H,1,7,12-13H2,2-6H3. The second kappa shape index (κ2) is 4.97. The predicted molar refractivity (Wildman–Crippen MR) is 92.5 cm³/mol. The zero-order valence-corrected chi connectivity index (χ0v) is 14.5. The van der Waals surface area contributed by atoms with Crippen LogP contribution in [0.4, 0.5) is 0 Å². The molecule has 2 aliphatic rings. The van der Waals surface area contributed by atoms with E-state index in [9.17, 15) is 0 Å². The summed E-state index contributed by atoms with van der Waals surface area (Å²) < 4.78 is 12.2. The van der Waals surface area contributed by atoms with Gasteiger partial charge < -0.3 is 9.31 Å². The first-order valence-electron chi connectivity index (χ1n) is 8.30. The summed E-state index contributed by atoms with van der Waals surface area (Å²) in [5.74, 6) is 0. The fourth-order valence-corrected chi connectivity index (χ4v) is 3.43. The number of hydrogen-bond donors (Lipinski definition) is 0. The van der Waals surface area contributed by atoms with Gasteiger partial charge in [-0.15, -0.1) is 0 Å². The molecule has 0 bridgehead atoms. The van der Waals surface area contributed by atoms with Gasteiger partial charge in [-0.3, -0.25) is 0 Å². The van der Waals surface area contributed by atoms with Gasteiger partial charge >= 0.3 is 7.12 Å². The number of allylic oxidation sites excluding steroid dienone is 1. The van der Waals surface area contributed by atoms with Gasteiger partial charge in [0, 0.05) is 5.41 Å². The Morgan fingerprint density at radius 2 is 1.50 bits per heavy atom. The Kier molecular flexibility index (Phi) is 3.58. The normalized spacial score (nSPS) is 24.9. The van der Waals surface area contributed by atoms with Crippen molar-refractivity contribution in [1.82, 2.24) is 0 Å². The van der Waals surface area contributed by atoms with E-state index in [1.165, 1.54) is 30.4 Å². The molecule has 0 N–H and O–H groups in total. The molecule has 118 valence electrons. The average molecular weight is 298 g/mol. The lowest BCUT2D eigenvalue weighted by atomic mass is 9.60. The zero-order valence-electron chi connectivity index (χ0n) is 14.5. The van der Waals surface area contributed by atoms with E-state index in [1.807, 2.05) is 0 Å². The van der Waals surface area contributed by atoms with E-state index < -0.39 is 0 Å². The van der Waals surface area contributed by atoms with Crippen LogP contribution in [0.1, 0.15) is 59.4 Å². The Labute approximate surface area is 135 Å². The highest BCUT2D eigenvalue weighted by molar-refractivity contribution is 6.62. The molecular formula is C19H27BO2. The minimum absolute atomic E-state index is 0.203. The van der Waals surface area contributed by atoms with Gasteiger partial charge in [0.25, 0.3) is 0 Å². The van der Waals surface area contributed by atoms with Gasteiger partial charge in [-0.05, 0) is 58.5 Å². The smallest absolute Gasteiger partial charge is 0.399 e. The highest BCUT2D eigenvalue weighted by Gasteiger charge is 2.51. The van der Waals surface area contributed by atoms with Crippen LogP contribution in [0.25, 0.3) is 0 Å². The van der Waals surface area contributed by atoms with Gasteiger partial charge in [0.05, 0.1) is 11.2 Å². The van der Waals surface area contributed by atoms with Crippen molar-refractivity contribution in [2.45, 2.75) is 70.5 Å². The maximum Gasteiger partial charge on any atom is 0.494 e. The molecule has 22 heavy (non-hydrogen) atoms. The van der Waals surface area contributed by atoms with Crippen molar-refractivity contribution in [3.05, 3.63) is 42.0 Å². The summed E-state index contributed by atoms with van der Waals surface area (Å²) in [7, 11) is -0.277. The van der Waals surface area contributed by atoms with E-state index in [4.69, 9.17) is 9.31 Å². The van der Waals surface area contributed by atoms with Crippen LogP contribution in [0, 0.1) is 0 Å². The quantitative estimate of drug-likeness (QED) is 0.620. The molecular weight excluding hydrogens is 271 g/mol. The maximum absolute atomic E-state index is 6.12. The summed E-state index contributed by atoms with van der Waals surface area (Å²) in [5.41, 5.74) is 3.38. The monoisotopic (exact) mass is 298 g/mol. The van der Waals surface area contributed by atoms with Gasteiger partial charge in [0.15, 0.2) is 0 Å². The summed E-state index contributed by atoms with van der Waals surface area (Å²) >= 11 is 0. The summed E-state index contributed by atoms with van der Waals surface area (Å²) in [6.07, 6.45) is 3.74. The van der Waals surface area contributed by atoms with E-state index in [-0.39, 0.29) is 23.7 Å². The summed E-state index contributed by atoms with van der Waals surface area (Å²) in [5, 5.41) is 0. The SMILES string of the molecule is C=C(C)C1(c2ccc(B3OC(C)(C)C(C)(C)O3)cc2)CCC1. The molecule has 0 amide bonds. The van der Waals surface area contributed by atoms with E-state index in [0.29, 0.717) is 0 Å². The zero-order chi connectivity index (χ0) is 16.2. The topological polar surface area (TPSA) is 18.5 Å². The fourth-order valence-electron chi connectivity index (χ4n) is 3.43. The van der Waals surface area contributed by atoms with Crippen LogP contribution >= 0.6 is 0 Å². The first kappa shape index (κ1) is 15.8. The molecule has 1 aromatic rings. The molecule has 1 heterocycles. The summed E-state index contributed by atoms with van der Waals surface area (Å²) in [6, 6.07) is 8.77. The first-order chi connectivity index (χ1) is 10.2. The molecule has 0 radical (unpaired) electrons. The van der Waals surface area contributed by atoms with E-state index >= 15 is 0 Å². The first-order valence-corrected chi connectivity index (χ1v) is 8.30. The molecule has 0 spiro atoms. The van der Waals surface area contributed by atoms with Crippen LogP contribution in [0.2, 0.25) is 0 Å². The Balaban J connectivity index is 1.83. The van der Waals surface area contributed by atoms with Crippen LogP contribution in [0.5, 0.6) is 0 Å². The van der Waals surface area contributed by atoms with Gasteiger partial charge in [-0.1, -0.05) is 42.8 Å². The second-order valence-corrected chi connectivity index (χ2v) is 7.93. The van der Waals surface area contributed by atoms with Gasteiger partial charge in [0.1, 0.15) is 0 Å². The van der Waals surface area contributed by atoms with Crippen molar-refractivity contribution in [2.24, 2.45) is 0 Å². The predicted octanol–water partition coefficient (Wildman–Crippen LogP) is 3.98. The minimum Gasteiger partial charge on any atom is -0.399 e. The number of benzene rings is 1. The molecule has 1 aliphatic heterocycles. The third kappa shape index (κ3) is 2.26. The van der Waals surface area contributed by atoms with Gasteiger partial charge in [-0.25, -0.2) is 0 Å². The van der Waals surface area contributed by atoms with Crippen molar-refractivity contribution in [3.8, 4) is 0 Å². The molecule has 0 aromatic heterocycles. The molecule has 0 unspecified atom stereocenters. The van der Waals surface area contributed by atoms with Crippen molar-refractivity contribution in [3.63, 3.8) is 0 Å². The Morgan fingerprint density at radius 1 is 1.00 bits per heavy atom. The lowest BCUT2D eigenvalue weighted by molar-refractivity contribution is 0.00578. The third-order valence-corrected chi connectivity index (χ3v) is 6.01. The molecule has 3 heteroatoms. The van der Waals surface area contributed by atoms with E-state index in [1.54, 1.807) is 0 Å². The van der Waals surface area contributed by atoms with Crippen molar-refractivity contribution in [2.75, 3.05) is 0 Å². The maximum atomic E-state index is 6.12. The molecule has 1 aliphatic carbocycles. The Bertz CT molecular complexity index is 566. The van der Waals surface area contributed by atoms with Crippen molar-refractivity contribution in [1.29, 1.82) is 0 Å². The molecule has 2 fully saturated rings. The van der Waals surface area contributed by atoms with Crippen LogP contribution < -0.4 is 5.46 Å².